The number of hydrogen-bond acceptors (Lipinski definition) is 4. The van der Waals surface area contributed by atoms with Crippen molar-refractivity contribution in [3.8, 4) is 0 Å². The second-order valence-corrected chi connectivity index (χ2v) is 7.00. The summed E-state index contributed by atoms with van der Waals surface area (Å²) in [5.41, 5.74) is 2.48. The molecular formula is C17H22N6O2. The SMILES string of the molecule is C[C@H]1CCc2[nH]nc(C(=O)N[C@H]3CCn4nccc4N(C)C3=O)c2C1. The second-order valence-electron chi connectivity index (χ2n) is 7.00. The largest absolute Gasteiger partial charge is 0.339 e. The Hall–Kier alpha value is -2.64. The van der Waals surface area contributed by atoms with Crippen LogP contribution >= 0.6 is 0 Å². The molecule has 8 nitrogen and oxygen atoms in total. The highest BCUT2D eigenvalue weighted by Crippen LogP contribution is 2.26. The maximum atomic E-state index is 12.7. The molecule has 0 spiro atoms. The van der Waals surface area contributed by atoms with E-state index in [9.17, 15) is 9.59 Å². The van der Waals surface area contributed by atoms with Crippen LogP contribution in [0.1, 0.15) is 41.5 Å². The van der Waals surface area contributed by atoms with E-state index in [-0.39, 0.29) is 11.8 Å². The molecular weight excluding hydrogens is 320 g/mol. The molecule has 0 saturated heterocycles. The number of aromatic amines is 1. The fourth-order valence-corrected chi connectivity index (χ4v) is 3.72. The molecule has 2 atom stereocenters. The molecule has 2 aliphatic rings. The van der Waals surface area contributed by atoms with Crippen molar-refractivity contribution < 1.29 is 9.59 Å². The van der Waals surface area contributed by atoms with E-state index in [2.05, 4.69) is 27.5 Å². The summed E-state index contributed by atoms with van der Waals surface area (Å²) in [6.07, 6.45) is 5.06. The van der Waals surface area contributed by atoms with Crippen molar-refractivity contribution in [1.29, 1.82) is 0 Å². The smallest absolute Gasteiger partial charge is 0.272 e. The Morgan fingerprint density at radius 1 is 1.40 bits per heavy atom. The molecule has 25 heavy (non-hydrogen) atoms. The maximum Gasteiger partial charge on any atom is 0.272 e. The van der Waals surface area contributed by atoms with Crippen molar-refractivity contribution in [1.82, 2.24) is 25.3 Å². The van der Waals surface area contributed by atoms with Crippen LogP contribution in [0.2, 0.25) is 0 Å². The quantitative estimate of drug-likeness (QED) is 0.847. The molecule has 0 radical (unpaired) electrons. The number of rotatable bonds is 2. The molecule has 0 aromatic carbocycles. The highest BCUT2D eigenvalue weighted by Gasteiger charge is 2.32. The van der Waals surface area contributed by atoms with Gasteiger partial charge in [0, 0.05) is 30.9 Å². The monoisotopic (exact) mass is 342 g/mol. The number of aromatic nitrogens is 4. The van der Waals surface area contributed by atoms with Gasteiger partial charge in [0.2, 0.25) is 0 Å². The molecule has 0 unspecified atom stereocenters. The molecule has 132 valence electrons. The summed E-state index contributed by atoms with van der Waals surface area (Å²) < 4.78 is 1.78. The van der Waals surface area contributed by atoms with Gasteiger partial charge in [-0.2, -0.15) is 10.2 Å². The molecule has 2 aromatic heterocycles. The standard InChI is InChI=1S/C17H22N6O2/c1-10-3-4-12-11(9-10)15(21-20-12)16(24)19-13-6-8-23-14(5-7-18-23)22(2)17(13)25/h5,7,10,13H,3-4,6,8-9H2,1-2H3,(H,19,24)(H,20,21)/t10-,13-/m0/s1. The van der Waals surface area contributed by atoms with Crippen LogP contribution in [0, 0.1) is 5.92 Å². The lowest BCUT2D eigenvalue weighted by molar-refractivity contribution is -0.120. The Bertz CT molecular complexity index is 823. The van der Waals surface area contributed by atoms with Gasteiger partial charge in [-0.1, -0.05) is 6.92 Å². The Balaban J connectivity index is 1.53. The van der Waals surface area contributed by atoms with Gasteiger partial charge in [-0.25, -0.2) is 4.68 Å². The summed E-state index contributed by atoms with van der Waals surface area (Å²) in [6, 6.07) is 1.22. The lowest BCUT2D eigenvalue weighted by atomic mass is 9.87. The van der Waals surface area contributed by atoms with Crippen molar-refractivity contribution in [2.45, 2.75) is 45.2 Å². The average molecular weight is 342 g/mol. The number of H-pyrrole nitrogens is 1. The van der Waals surface area contributed by atoms with Crippen LogP contribution in [-0.2, 0) is 24.2 Å². The number of anilines is 1. The van der Waals surface area contributed by atoms with Gasteiger partial charge in [0.25, 0.3) is 11.8 Å². The number of aryl methyl sites for hydroxylation is 2. The zero-order valence-corrected chi connectivity index (χ0v) is 14.5. The van der Waals surface area contributed by atoms with Crippen molar-refractivity contribution >= 4 is 17.6 Å². The van der Waals surface area contributed by atoms with Crippen LogP contribution in [0.3, 0.4) is 0 Å². The number of nitrogens with zero attached hydrogens (tertiary/aromatic N) is 4. The fraction of sp³-hybridized carbons (Fsp3) is 0.529. The van der Waals surface area contributed by atoms with Crippen molar-refractivity contribution in [3.63, 3.8) is 0 Å². The first kappa shape index (κ1) is 15.9. The maximum absolute atomic E-state index is 12.7. The lowest BCUT2D eigenvalue weighted by Crippen LogP contribution is -2.47. The van der Waals surface area contributed by atoms with Gasteiger partial charge < -0.3 is 5.32 Å². The molecule has 0 bridgehead atoms. The van der Waals surface area contributed by atoms with E-state index in [1.54, 1.807) is 28.9 Å². The highest BCUT2D eigenvalue weighted by atomic mass is 16.2. The van der Waals surface area contributed by atoms with Gasteiger partial charge in [0.1, 0.15) is 11.9 Å². The van der Waals surface area contributed by atoms with Gasteiger partial charge in [-0.3, -0.25) is 19.6 Å². The number of fused-ring (bicyclic) bond motifs is 2. The third-order valence-electron chi connectivity index (χ3n) is 5.21. The van der Waals surface area contributed by atoms with E-state index in [0.717, 1.165) is 36.3 Å². The molecule has 1 aliphatic heterocycles. The summed E-state index contributed by atoms with van der Waals surface area (Å²) in [4.78, 5) is 27.0. The number of amides is 2. The van der Waals surface area contributed by atoms with Crippen molar-refractivity contribution in [3.05, 3.63) is 29.2 Å². The zero-order chi connectivity index (χ0) is 17.6. The summed E-state index contributed by atoms with van der Waals surface area (Å²) >= 11 is 0. The minimum atomic E-state index is -0.576. The predicted molar refractivity (Wildman–Crippen MR) is 91.3 cm³/mol. The van der Waals surface area contributed by atoms with E-state index in [1.807, 2.05) is 0 Å². The first-order valence-corrected chi connectivity index (χ1v) is 8.71. The van der Waals surface area contributed by atoms with Crippen LogP contribution in [0.5, 0.6) is 0 Å². The molecule has 3 heterocycles. The topological polar surface area (TPSA) is 95.9 Å². The molecule has 0 saturated carbocycles. The van der Waals surface area contributed by atoms with Crippen LogP contribution in [0.25, 0.3) is 0 Å². The number of likely N-dealkylation sites (N-methyl/N-ethyl adjacent to an activating group) is 1. The normalized spacial score (nSPS) is 23.0. The van der Waals surface area contributed by atoms with Gasteiger partial charge in [0.05, 0.1) is 6.20 Å². The summed E-state index contributed by atoms with van der Waals surface area (Å²) in [5.74, 6) is 0.871. The Kier molecular flexibility index (Phi) is 3.82. The Morgan fingerprint density at radius 3 is 3.08 bits per heavy atom. The van der Waals surface area contributed by atoms with Gasteiger partial charge in [0.15, 0.2) is 5.69 Å². The highest BCUT2D eigenvalue weighted by molar-refractivity contribution is 6.01. The third-order valence-corrected chi connectivity index (χ3v) is 5.21. The van der Waals surface area contributed by atoms with Crippen molar-refractivity contribution in [2.24, 2.45) is 5.92 Å². The summed E-state index contributed by atoms with van der Waals surface area (Å²) in [5, 5.41) is 14.3. The lowest BCUT2D eigenvalue weighted by Gasteiger charge is -2.21. The molecule has 1 aliphatic carbocycles. The number of hydrogen-bond donors (Lipinski definition) is 2. The summed E-state index contributed by atoms with van der Waals surface area (Å²) in [7, 11) is 1.71. The third kappa shape index (κ3) is 2.71. The Morgan fingerprint density at radius 2 is 2.24 bits per heavy atom. The van der Waals surface area contributed by atoms with E-state index in [0.29, 0.717) is 24.6 Å². The van der Waals surface area contributed by atoms with E-state index < -0.39 is 6.04 Å². The minimum Gasteiger partial charge on any atom is -0.339 e. The van der Waals surface area contributed by atoms with Crippen LogP contribution in [0.15, 0.2) is 12.3 Å². The minimum absolute atomic E-state index is 0.134. The molecule has 8 heteroatoms. The van der Waals surface area contributed by atoms with Crippen LogP contribution in [-0.4, -0.2) is 44.9 Å². The van der Waals surface area contributed by atoms with E-state index in [4.69, 9.17) is 0 Å². The first-order chi connectivity index (χ1) is 12.0. The first-order valence-electron chi connectivity index (χ1n) is 8.71. The average Bonchev–Trinajstić information content (AvgIpc) is 3.21. The number of carbonyl (C=O) groups is 2. The molecule has 4 rings (SSSR count). The number of nitrogens with one attached hydrogen (secondary N) is 2. The van der Waals surface area contributed by atoms with Crippen molar-refractivity contribution in [2.75, 3.05) is 11.9 Å². The molecule has 2 N–H and O–H groups in total. The summed E-state index contributed by atoms with van der Waals surface area (Å²) in [6.45, 7) is 2.77. The fourth-order valence-electron chi connectivity index (χ4n) is 3.72. The van der Waals surface area contributed by atoms with Crippen LogP contribution < -0.4 is 10.2 Å². The second kappa shape index (κ2) is 6.02. The number of carbonyl (C=O) groups excluding carboxylic acids is 2. The molecule has 2 aromatic rings. The molecule has 0 fully saturated rings. The van der Waals surface area contributed by atoms with E-state index >= 15 is 0 Å². The zero-order valence-electron chi connectivity index (χ0n) is 14.5. The molecule has 2 amide bonds. The van der Waals surface area contributed by atoms with E-state index in [1.165, 1.54) is 0 Å². The van der Waals surface area contributed by atoms with Gasteiger partial charge in [-0.15, -0.1) is 0 Å². The van der Waals surface area contributed by atoms with Crippen LogP contribution in [0.4, 0.5) is 5.82 Å². The Labute approximate surface area is 145 Å². The van der Waals surface area contributed by atoms with Gasteiger partial charge in [-0.05, 0) is 31.6 Å². The predicted octanol–water partition coefficient (Wildman–Crippen LogP) is 0.896. The van der Waals surface area contributed by atoms with Gasteiger partial charge >= 0.3 is 0 Å².